The van der Waals surface area contributed by atoms with Crippen LogP contribution in [0.25, 0.3) is 0 Å². The third kappa shape index (κ3) is 4.26. The molecule has 0 bridgehead atoms. The zero-order chi connectivity index (χ0) is 11.9. The topological polar surface area (TPSA) is 24.5 Å². The maximum absolute atomic E-state index is 5.15. The number of hydrogen-bond donors (Lipinski definition) is 1. The quantitative estimate of drug-likeness (QED) is 0.784. The zero-order valence-electron chi connectivity index (χ0n) is 10.8. The Morgan fingerprint density at radius 1 is 1.47 bits per heavy atom. The maximum atomic E-state index is 5.15. The van der Waals surface area contributed by atoms with Crippen molar-refractivity contribution in [1.82, 2.24) is 10.2 Å². The van der Waals surface area contributed by atoms with Gasteiger partial charge in [-0.05, 0) is 24.8 Å². The first-order valence-electron chi connectivity index (χ1n) is 6.69. The lowest BCUT2D eigenvalue weighted by Crippen LogP contribution is -2.51. The molecule has 1 saturated heterocycles. The lowest BCUT2D eigenvalue weighted by molar-refractivity contribution is 0.152. The SMILES string of the molecule is COCCC1CN(CC2=CCCC=C2)CCN1. The first kappa shape index (κ1) is 12.8. The van der Waals surface area contributed by atoms with Crippen molar-refractivity contribution < 1.29 is 4.74 Å². The van der Waals surface area contributed by atoms with E-state index in [-0.39, 0.29) is 0 Å². The van der Waals surface area contributed by atoms with Crippen molar-refractivity contribution in [3.05, 3.63) is 23.8 Å². The fraction of sp³-hybridized carbons (Fsp3) is 0.714. The van der Waals surface area contributed by atoms with Crippen molar-refractivity contribution in [2.75, 3.05) is 39.9 Å². The van der Waals surface area contributed by atoms with Gasteiger partial charge in [0.25, 0.3) is 0 Å². The summed E-state index contributed by atoms with van der Waals surface area (Å²) in [5, 5.41) is 3.56. The average molecular weight is 236 g/mol. The van der Waals surface area contributed by atoms with Gasteiger partial charge >= 0.3 is 0 Å². The van der Waals surface area contributed by atoms with E-state index in [2.05, 4.69) is 28.4 Å². The van der Waals surface area contributed by atoms with E-state index in [0.717, 1.165) is 39.2 Å². The number of rotatable bonds is 5. The monoisotopic (exact) mass is 236 g/mol. The molecule has 1 N–H and O–H groups in total. The van der Waals surface area contributed by atoms with E-state index in [1.54, 1.807) is 7.11 Å². The van der Waals surface area contributed by atoms with Gasteiger partial charge in [0.05, 0.1) is 0 Å². The molecule has 1 aliphatic carbocycles. The summed E-state index contributed by atoms with van der Waals surface area (Å²) < 4.78 is 5.15. The van der Waals surface area contributed by atoms with Crippen LogP contribution in [0, 0.1) is 0 Å². The zero-order valence-corrected chi connectivity index (χ0v) is 10.8. The van der Waals surface area contributed by atoms with Crippen LogP contribution in [0.3, 0.4) is 0 Å². The van der Waals surface area contributed by atoms with Crippen LogP contribution in [0.4, 0.5) is 0 Å². The molecule has 0 spiro atoms. The molecule has 1 fully saturated rings. The number of allylic oxidation sites excluding steroid dienone is 2. The molecule has 0 radical (unpaired) electrons. The molecule has 0 aromatic carbocycles. The van der Waals surface area contributed by atoms with Crippen LogP contribution >= 0.6 is 0 Å². The Balaban J connectivity index is 1.76. The Labute approximate surface area is 105 Å². The van der Waals surface area contributed by atoms with Crippen molar-refractivity contribution in [3.63, 3.8) is 0 Å². The van der Waals surface area contributed by atoms with Crippen LogP contribution in [0.15, 0.2) is 23.8 Å². The summed E-state index contributed by atoms with van der Waals surface area (Å²) in [6.45, 7) is 5.38. The molecule has 2 aliphatic rings. The van der Waals surface area contributed by atoms with Crippen molar-refractivity contribution in [3.8, 4) is 0 Å². The summed E-state index contributed by atoms with van der Waals surface area (Å²) in [6, 6.07) is 0.594. The van der Waals surface area contributed by atoms with E-state index in [0.29, 0.717) is 6.04 Å². The molecule has 96 valence electrons. The number of nitrogens with zero attached hydrogens (tertiary/aromatic N) is 1. The van der Waals surface area contributed by atoms with Crippen LogP contribution in [0.2, 0.25) is 0 Å². The second kappa shape index (κ2) is 6.94. The molecule has 1 unspecified atom stereocenters. The van der Waals surface area contributed by atoms with Gasteiger partial charge in [0.1, 0.15) is 0 Å². The summed E-state index contributed by atoms with van der Waals surface area (Å²) >= 11 is 0. The number of hydrogen-bond acceptors (Lipinski definition) is 3. The van der Waals surface area contributed by atoms with Gasteiger partial charge in [-0.3, -0.25) is 4.90 Å². The highest BCUT2D eigenvalue weighted by atomic mass is 16.5. The van der Waals surface area contributed by atoms with E-state index >= 15 is 0 Å². The second-order valence-electron chi connectivity index (χ2n) is 4.93. The summed E-state index contributed by atoms with van der Waals surface area (Å²) in [7, 11) is 1.78. The van der Waals surface area contributed by atoms with Crippen LogP contribution < -0.4 is 5.32 Å². The van der Waals surface area contributed by atoms with Crippen LogP contribution in [-0.4, -0.2) is 50.8 Å². The van der Waals surface area contributed by atoms with E-state index in [9.17, 15) is 0 Å². The highest BCUT2D eigenvalue weighted by Crippen LogP contribution is 2.12. The summed E-state index contributed by atoms with van der Waals surface area (Å²) in [4.78, 5) is 2.55. The lowest BCUT2D eigenvalue weighted by Gasteiger charge is -2.34. The predicted molar refractivity (Wildman–Crippen MR) is 71.2 cm³/mol. The van der Waals surface area contributed by atoms with Crippen LogP contribution in [0.5, 0.6) is 0 Å². The molecular weight excluding hydrogens is 212 g/mol. The van der Waals surface area contributed by atoms with Crippen LogP contribution in [-0.2, 0) is 4.74 Å². The lowest BCUT2D eigenvalue weighted by atomic mass is 10.1. The molecule has 0 saturated carbocycles. The van der Waals surface area contributed by atoms with Gasteiger partial charge in [0.2, 0.25) is 0 Å². The molecule has 0 amide bonds. The largest absolute Gasteiger partial charge is 0.385 e. The third-order valence-corrected chi connectivity index (χ3v) is 3.49. The first-order valence-corrected chi connectivity index (χ1v) is 6.69. The molecule has 2 rings (SSSR count). The minimum absolute atomic E-state index is 0.594. The molecule has 1 aliphatic heterocycles. The van der Waals surface area contributed by atoms with E-state index in [4.69, 9.17) is 4.74 Å². The van der Waals surface area contributed by atoms with Crippen molar-refractivity contribution in [1.29, 1.82) is 0 Å². The van der Waals surface area contributed by atoms with Gasteiger partial charge in [-0.1, -0.05) is 18.2 Å². The molecule has 3 nitrogen and oxygen atoms in total. The molecule has 1 heterocycles. The minimum atomic E-state index is 0.594. The Bertz CT molecular complexity index is 286. The van der Waals surface area contributed by atoms with Gasteiger partial charge in [0, 0.05) is 45.9 Å². The van der Waals surface area contributed by atoms with Crippen molar-refractivity contribution in [2.24, 2.45) is 0 Å². The van der Waals surface area contributed by atoms with Gasteiger partial charge in [-0.2, -0.15) is 0 Å². The van der Waals surface area contributed by atoms with Crippen molar-refractivity contribution in [2.45, 2.75) is 25.3 Å². The smallest absolute Gasteiger partial charge is 0.0477 e. The summed E-state index contributed by atoms with van der Waals surface area (Å²) in [5.74, 6) is 0. The van der Waals surface area contributed by atoms with Gasteiger partial charge in [-0.25, -0.2) is 0 Å². The molecule has 17 heavy (non-hydrogen) atoms. The first-order chi connectivity index (χ1) is 8.38. The molecule has 3 heteroatoms. The maximum Gasteiger partial charge on any atom is 0.0477 e. The van der Waals surface area contributed by atoms with Crippen molar-refractivity contribution >= 4 is 0 Å². The molecule has 0 aromatic heterocycles. The molecular formula is C14H24N2O. The number of piperazine rings is 1. The second-order valence-corrected chi connectivity index (χ2v) is 4.93. The molecule has 0 aromatic rings. The Hall–Kier alpha value is -0.640. The summed E-state index contributed by atoms with van der Waals surface area (Å²) in [6.07, 6.45) is 10.5. The number of ether oxygens (including phenoxy) is 1. The number of methoxy groups -OCH3 is 1. The van der Waals surface area contributed by atoms with Gasteiger partial charge in [0.15, 0.2) is 0 Å². The Kier molecular flexibility index (Phi) is 5.23. The highest BCUT2D eigenvalue weighted by Gasteiger charge is 2.19. The Morgan fingerprint density at radius 3 is 3.18 bits per heavy atom. The fourth-order valence-electron chi connectivity index (χ4n) is 2.53. The van der Waals surface area contributed by atoms with Gasteiger partial charge in [-0.15, -0.1) is 0 Å². The molecule has 1 atom stereocenters. The van der Waals surface area contributed by atoms with E-state index in [1.807, 2.05) is 0 Å². The van der Waals surface area contributed by atoms with E-state index < -0.39 is 0 Å². The fourth-order valence-corrected chi connectivity index (χ4v) is 2.53. The summed E-state index contributed by atoms with van der Waals surface area (Å²) in [5.41, 5.74) is 1.49. The number of nitrogens with one attached hydrogen (secondary N) is 1. The standard InChI is InChI=1S/C14H24N2O/c1-17-10-7-14-12-16(9-8-15-14)11-13-5-3-2-4-6-13/h3,5-6,14-15H,2,4,7-12H2,1H3. The normalized spacial score (nSPS) is 25.9. The third-order valence-electron chi connectivity index (χ3n) is 3.49. The average Bonchev–Trinajstić information content (AvgIpc) is 2.38. The predicted octanol–water partition coefficient (Wildman–Crippen LogP) is 1.57. The highest BCUT2D eigenvalue weighted by molar-refractivity contribution is 5.23. The Morgan fingerprint density at radius 2 is 2.41 bits per heavy atom. The van der Waals surface area contributed by atoms with E-state index in [1.165, 1.54) is 18.4 Å². The van der Waals surface area contributed by atoms with Crippen LogP contribution in [0.1, 0.15) is 19.3 Å². The van der Waals surface area contributed by atoms with Gasteiger partial charge < -0.3 is 10.1 Å². The minimum Gasteiger partial charge on any atom is -0.385 e.